The highest BCUT2D eigenvalue weighted by Crippen LogP contribution is 2.23. The molecule has 0 fully saturated rings. The number of hydrogen-bond acceptors (Lipinski definition) is 6. The number of carboxylic acid groups (broad SMARTS) is 1. The van der Waals surface area contributed by atoms with Gasteiger partial charge in [0.2, 0.25) is 0 Å². The lowest BCUT2D eigenvalue weighted by Crippen LogP contribution is -2.42. The molecule has 0 aliphatic rings. The van der Waals surface area contributed by atoms with Crippen LogP contribution in [0.2, 0.25) is 0 Å². The Bertz CT molecular complexity index is 1620. The maximum absolute atomic E-state index is 12.6. The quantitative estimate of drug-likeness (QED) is 0.158. The lowest BCUT2D eigenvalue weighted by atomic mass is 9.99. The molecule has 13 heteroatoms. The summed E-state index contributed by atoms with van der Waals surface area (Å²) in [6.07, 6.45) is -2.99. The largest absolute Gasteiger partial charge is 0.490 e. The van der Waals surface area contributed by atoms with Crippen molar-refractivity contribution in [3.63, 3.8) is 0 Å². The molecule has 0 amide bonds. The Hall–Kier alpha value is -3.91. The molecule has 0 saturated carbocycles. The molecule has 0 bridgehead atoms. The Morgan fingerprint density at radius 3 is 2.28 bits per heavy atom. The Kier molecular flexibility index (Phi) is 11.0. The van der Waals surface area contributed by atoms with E-state index in [1.165, 1.54) is 12.1 Å². The molecule has 43 heavy (non-hydrogen) atoms. The predicted octanol–water partition coefficient (Wildman–Crippen LogP) is 5.06. The van der Waals surface area contributed by atoms with Gasteiger partial charge in [-0.15, -0.1) is 0 Å². The van der Waals surface area contributed by atoms with Crippen molar-refractivity contribution < 1.29 is 41.7 Å². The number of fused-ring (bicyclic) bond motifs is 1. The highest BCUT2D eigenvalue weighted by Gasteiger charge is 2.38. The molecule has 9 nitrogen and oxygen atoms in total. The average molecular weight is 622 g/mol. The summed E-state index contributed by atoms with van der Waals surface area (Å²) in [6.45, 7) is 5.35. The van der Waals surface area contributed by atoms with Crippen molar-refractivity contribution in [2.75, 3.05) is 11.3 Å². The first-order chi connectivity index (χ1) is 20.1. The number of benzene rings is 3. The van der Waals surface area contributed by atoms with Crippen LogP contribution in [0.1, 0.15) is 37.5 Å². The number of carbonyl (C=O) groups is 1. The van der Waals surface area contributed by atoms with Crippen LogP contribution in [0.3, 0.4) is 0 Å². The smallest absolute Gasteiger partial charge is 0.475 e. The van der Waals surface area contributed by atoms with Gasteiger partial charge in [0.25, 0.3) is 10.0 Å². The normalized spacial score (nSPS) is 12.8. The van der Waals surface area contributed by atoms with E-state index in [-0.39, 0.29) is 17.0 Å². The predicted molar refractivity (Wildman–Crippen MR) is 157 cm³/mol. The number of alkyl halides is 3. The van der Waals surface area contributed by atoms with Crippen molar-refractivity contribution in [3.05, 3.63) is 96.2 Å². The number of β-amino-alcohol motifs (C(OH)–C–C–N with tert-alkyl or cyclic N) is 1. The van der Waals surface area contributed by atoms with Gasteiger partial charge in [-0.25, -0.2) is 13.2 Å². The van der Waals surface area contributed by atoms with E-state index in [1.54, 1.807) is 42.5 Å². The molecule has 0 radical (unpaired) electrons. The number of nitrogens with one attached hydrogen (secondary N) is 2. The standard InChI is InChI=1S/C28H33N3O4S.C2HF3O2/c1-28(2,14-16-31-15-13-22-17-21(20-32)11-12-26(22)31)29-19-27(33)23-7-6-8-24(18-23)30-36(34,35)25-9-4-3-5-10-25;3-2(4,5)1(6)7/h3-13,15,17-18,27,29-30,32-33H,14,16,19-20H2,1-2H3;(H,6,7)/t27-;/m0./s1. The van der Waals surface area contributed by atoms with Gasteiger partial charge in [-0.1, -0.05) is 36.4 Å². The lowest BCUT2D eigenvalue weighted by molar-refractivity contribution is -0.192. The first kappa shape index (κ1) is 33.6. The summed E-state index contributed by atoms with van der Waals surface area (Å²) in [5.74, 6) is -2.76. The zero-order chi connectivity index (χ0) is 31.8. The first-order valence-corrected chi connectivity index (χ1v) is 14.7. The monoisotopic (exact) mass is 621 g/mol. The van der Waals surface area contributed by atoms with E-state index in [4.69, 9.17) is 9.90 Å². The topological polar surface area (TPSA) is 141 Å². The van der Waals surface area contributed by atoms with Gasteiger partial charge in [-0.05, 0) is 79.2 Å². The van der Waals surface area contributed by atoms with Crippen LogP contribution in [0.5, 0.6) is 0 Å². The van der Waals surface area contributed by atoms with Crippen LogP contribution in [0.4, 0.5) is 18.9 Å². The fourth-order valence-electron chi connectivity index (χ4n) is 4.15. The van der Waals surface area contributed by atoms with Crippen LogP contribution < -0.4 is 10.0 Å². The van der Waals surface area contributed by atoms with Crippen molar-refractivity contribution in [3.8, 4) is 0 Å². The summed E-state index contributed by atoms with van der Waals surface area (Å²) in [5, 5.41) is 31.8. The SMILES string of the molecule is CC(C)(CCn1ccc2cc(CO)ccc21)NC[C@H](O)c1cccc(NS(=O)(=O)c2ccccc2)c1.O=C(O)C(F)(F)F. The zero-order valence-corrected chi connectivity index (χ0v) is 24.4. The minimum absolute atomic E-state index is 0.0300. The third-order valence-electron chi connectivity index (χ3n) is 6.59. The van der Waals surface area contributed by atoms with E-state index >= 15 is 0 Å². The second-order valence-electron chi connectivity index (χ2n) is 10.4. The molecule has 0 aliphatic heterocycles. The molecule has 0 aliphatic carbocycles. The molecule has 4 aromatic rings. The Morgan fingerprint density at radius 1 is 0.977 bits per heavy atom. The molecule has 1 aromatic heterocycles. The van der Waals surface area contributed by atoms with E-state index < -0.39 is 28.3 Å². The first-order valence-electron chi connectivity index (χ1n) is 13.2. The molecule has 232 valence electrons. The van der Waals surface area contributed by atoms with E-state index in [2.05, 4.69) is 40.7 Å². The molecule has 5 N–H and O–H groups in total. The molecule has 4 rings (SSSR count). The number of anilines is 1. The molecule has 0 unspecified atom stereocenters. The second-order valence-corrected chi connectivity index (χ2v) is 12.1. The van der Waals surface area contributed by atoms with Gasteiger partial charge in [0.1, 0.15) is 0 Å². The van der Waals surface area contributed by atoms with E-state index in [9.17, 15) is 31.8 Å². The summed E-state index contributed by atoms with van der Waals surface area (Å²) < 4.78 is 61.8. The number of nitrogens with zero attached hydrogens (tertiary/aromatic N) is 1. The summed E-state index contributed by atoms with van der Waals surface area (Å²) in [7, 11) is -3.70. The number of aromatic nitrogens is 1. The molecule has 1 atom stereocenters. The number of hydrogen-bond donors (Lipinski definition) is 5. The van der Waals surface area contributed by atoms with E-state index in [0.29, 0.717) is 17.8 Å². The van der Waals surface area contributed by atoms with Gasteiger partial charge in [-0.3, -0.25) is 4.72 Å². The number of halogens is 3. The summed E-state index contributed by atoms with van der Waals surface area (Å²) in [6, 6.07) is 23.0. The molecular formula is C30H34F3N3O6S. The third kappa shape index (κ3) is 9.82. The Morgan fingerprint density at radius 2 is 1.65 bits per heavy atom. The van der Waals surface area contributed by atoms with Gasteiger partial charge in [0.15, 0.2) is 0 Å². The molecule has 1 heterocycles. The molecule has 3 aromatic carbocycles. The van der Waals surface area contributed by atoms with Gasteiger partial charge in [-0.2, -0.15) is 13.2 Å². The Labute approximate surface area is 247 Å². The number of rotatable bonds is 11. The van der Waals surface area contributed by atoms with Crippen LogP contribution in [0.25, 0.3) is 10.9 Å². The fraction of sp³-hybridized carbons (Fsp3) is 0.300. The molecule has 0 spiro atoms. The minimum atomic E-state index is -5.08. The minimum Gasteiger partial charge on any atom is -0.475 e. The number of aliphatic hydroxyl groups is 2. The number of aryl methyl sites for hydroxylation is 1. The van der Waals surface area contributed by atoms with E-state index in [1.807, 2.05) is 18.2 Å². The maximum Gasteiger partial charge on any atom is 0.490 e. The highest BCUT2D eigenvalue weighted by atomic mass is 32.2. The summed E-state index contributed by atoms with van der Waals surface area (Å²) >= 11 is 0. The zero-order valence-electron chi connectivity index (χ0n) is 23.5. The van der Waals surface area contributed by atoms with Gasteiger partial charge < -0.3 is 25.2 Å². The second kappa shape index (κ2) is 14.0. The number of aliphatic carboxylic acids is 1. The van der Waals surface area contributed by atoms with Crippen molar-refractivity contribution in [1.29, 1.82) is 0 Å². The van der Waals surface area contributed by atoms with Gasteiger partial charge in [0.05, 0.1) is 17.6 Å². The summed E-state index contributed by atoms with van der Waals surface area (Å²) in [5.41, 5.74) is 2.81. The average Bonchev–Trinajstić information content (AvgIpc) is 3.37. The maximum atomic E-state index is 12.6. The van der Waals surface area contributed by atoms with Gasteiger partial charge >= 0.3 is 12.1 Å². The van der Waals surface area contributed by atoms with Crippen LogP contribution in [-0.2, 0) is 28.0 Å². The fourth-order valence-corrected chi connectivity index (χ4v) is 5.22. The van der Waals surface area contributed by atoms with Crippen LogP contribution in [0.15, 0.2) is 90.0 Å². The Balaban J connectivity index is 0.000000646. The van der Waals surface area contributed by atoms with Crippen LogP contribution >= 0.6 is 0 Å². The molecular weight excluding hydrogens is 587 g/mol. The van der Waals surface area contributed by atoms with Crippen molar-refractivity contribution in [2.45, 2.75) is 56.1 Å². The van der Waals surface area contributed by atoms with Crippen molar-refractivity contribution in [2.24, 2.45) is 0 Å². The number of carboxylic acids is 1. The van der Waals surface area contributed by atoms with E-state index in [0.717, 1.165) is 29.4 Å². The van der Waals surface area contributed by atoms with Gasteiger partial charge in [0, 0.05) is 36.0 Å². The third-order valence-corrected chi connectivity index (χ3v) is 7.99. The lowest BCUT2D eigenvalue weighted by Gasteiger charge is -2.28. The van der Waals surface area contributed by atoms with Crippen molar-refractivity contribution >= 4 is 32.6 Å². The van der Waals surface area contributed by atoms with Crippen LogP contribution in [-0.4, -0.2) is 52.5 Å². The van der Waals surface area contributed by atoms with Crippen LogP contribution in [0, 0.1) is 0 Å². The highest BCUT2D eigenvalue weighted by molar-refractivity contribution is 7.92. The summed E-state index contributed by atoms with van der Waals surface area (Å²) in [4.78, 5) is 9.08. The number of aliphatic hydroxyl groups excluding tert-OH is 2. The van der Waals surface area contributed by atoms with Crippen molar-refractivity contribution in [1.82, 2.24) is 9.88 Å². The number of sulfonamides is 1. The molecule has 0 saturated heterocycles.